The Morgan fingerprint density at radius 3 is 2.09 bits per heavy atom. The zero-order chi connectivity index (χ0) is 8.65. The van der Waals surface area contributed by atoms with Gasteiger partial charge in [0.1, 0.15) is 5.01 Å². The highest BCUT2D eigenvalue weighted by Gasteiger charge is 2.19. The van der Waals surface area contributed by atoms with Crippen LogP contribution in [0.4, 0.5) is 4.39 Å². The topological polar surface area (TPSA) is 12.9 Å². The van der Waals surface area contributed by atoms with Gasteiger partial charge in [-0.05, 0) is 6.92 Å². The fourth-order valence-corrected chi connectivity index (χ4v) is 1.55. The molecule has 0 aliphatic carbocycles. The van der Waals surface area contributed by atoms with E-state index in [1.165, 1.54) is 11.3 Å². The monoisotopic (exact) mass is 173 g/mol. The van der Waals surface area contributed by atoms with Crippen molar-refractivity contribution in [2.24, 2.45) is 0 Å². The lowest BCUT2D eigenvalue weighted by atomic mass is 9.98. The number of nitrogens with zero attached hydrogens (tertiary/aromatic N) is 1. The SMILES string of the molecule is Cc1sc(C(C)(C)C)nc1F. The van der Waals surface area contributed by atoms with Crippen molar-refractivity contribution in [3.8, 4) is 0 Å². The van der Waals surface area contributed by atoms with E-state index < -0.39 is 0 Å². The van der Waals surface area contributed by atoms with Crippen LogP contribution in [0, 0.1) is 12.9 Å². The molecule has 0 fully saturated rings. The molecule has 0 aromatic carbocycles. The summed E-state index contributed by atoms with van der Waals surface area (Å²) in [6.45, 7) is 7.85. The van der Waals surface area contributed by atoms with Crippen LogP contribution in [0.2, 0.25) is 0 Å². The first kappa shape index (κ1) is 8.65. The summed E-state index contributed by atoms with van der Waals surface area (Å²) in [4.78, 5) is 4.51. The van der Waals surface area contributed by atoms with Gasteiger partial charge in [0, 0.05) is 5.41 Å². The molecular weight excluding hydrogens is 161 g/mol. The molecule has 1 aromatic rings. The molecule has 0 aliphatic rings. The van der Waals surface area contributed by atoms with Gasteiger partial charge in [-0.2, -0.15) is 4.39 Å². The molecule has 0 saturated carbocycles. The zero-order valence-corrected chi connectivity index (χ0v) is 8.05. The maximum Gasteiger partial charge on any atom is 0.226 e. The molecule has 0 atom stereocenters. The zero-order valence-electron chi connectivity index (χ0n) is 7.23. The van der Waals surface area contributed by atoms with Crippen LogP contribution >= 0.6 is 11.3 Å². The van der Waals surface area contributed by atoms with Crippen molar-refractivity contribution in [2.75, 3.05) is 0 Å². The van der Waals surface area contributed by atoms with Crippen molar-refractivity contribution in [1.82, 2.24) is 4.98 Å². The highest BCUT2D eigenvalue weighted by Crippen LogP contribution is 2.27. The minimum atomic E-state index is -0.320. The summed E-state index contributed by atoms with van der Waals surface area (Å²) in [7, 11) is 0. The number of aromatic nitrogens is 1. The summed E-state index contributed by atoms with van der Waals surface area (Å²) in [5.41, 5.74) is -0.0280. The Morgan fingerprint density at radius 1 is 1.36 bits per heavy atom. The van der Waals surface area contributed by atoms with Gasteiger partial charge < -0.3 is 0 Å². The molecule has 0 saturated heterocycles. The Hall–Kier alpha value is -0.440. The molecule has 1 rings (SSSR count). The number of aryl methyl sites for hydroxylation is 1. The van der Waals surface area contributed by atoms with Crippen LogP contribution in [-0.2, 0) is 5.41 Å². The van der Waals surface area contributed by atoms with Crippen molar-refractivity contribution in [1.29, 1.82) is 0 Å². The van der Waals surface area contributed by atoms with Gasteiger partial charge >= 0.3 is 0 Å². The molecule has 11 heavy (non-hydrogen) atoms. The molecule has 0 radical (unpaired) electrons. The van der Waals surface area contributed by atoms with Gasteiger partial charge in [-0.15, -0.1) is 11.3 Å². The van der Waals surface area contributed by atoms with E-state index in [-0.39, 0.29) is 11.4 Å². The van der Waals surface area contributed by atoms with Crippen molar-refractivity contribution < 1.29 is 4.39 Å². The first-order valence-electron chi connectivity index (χ1n) is 3.54. The minimum Gasteiger partial charge on any atom is -0.212 e. The number of rotatable bonds is 0. The maximum atomic E-state index is 12.8. The summed E-state index contributed by atoms with van der Waals surface area (Å²) < 4.78 is 12.8. The third-order valence-electron chi connectivity index (χ3n) is 1.38. The van der Waals surface area contributed by atoms with E-state index in [4.69, 9.17) is 0 Å². The van der Waals surface area contributed by atoms with Gasteiger partial charge in [-0.3, -0.25) is 0 Å². The molecule has 1 heterocycles. The minimum absolute atomic E-state index is 0.0280. The molecular formula is C8H12FNS. The number of hydrogen-bond donors (Lipinski definition) is 0. The molecule has 0 N–H and O–H groups in total. The van der Waals surface area contributed by atoms with E-state index in [0.717, 1.165) is 5.01 Å². The summed E-state index contributed by atoms with van der Waals surface area (Å²) in [6, 6.07) is 0. The Morgan fingerprint density at radius 2 is 1.91 bits per heavy atom. The predicted molar refractivity (Wildman–Crippen MR) is 45.5 cm³/mol. The van der Waals surface area contributed by atoms with Gasteiger partial charge in [-0.25, -0.2) is 4.98 Å². The first-order chi connectivity index (χ1) is 4.91. The molecule has 62 valence electrons. The summed E-state index contributed by atoms with van der Waals surface area (Å²) in [5, 5.41) is 0.868. The Balaban J connectivity index is 3.08. The number of hydrogen-bond acceptors (Lipinski definition) is 2. The van der Waals surface area contributed by atoms with Crippen molar-refractivity contribution >= 4 is 11.3 Å². The lowest BCUT2D eigenvalue weighted by molar-refractivity contribution is 0.541. The van der Waals surface area contributed by atoms with E-state index in [1.54, 1.807) is 6.92 Å². The van der Waals surface area contributed by atoms with Crippen LogP contribution in [0.25, 0.3) is 0 Å². The van der Waals surface area contributed by atoms with Gasteiger partial charge in [0.2, 0.25) is 5.95 Å². The summed E-state index contributed by atoms with van der Waals surface area (Å²) in [5.74, 6) is -0.320. The third-order valence-corrected chi connectivity index (χ3v) is 2.75. The third kappa shape index (κ3) is 1.77. The van der Waals surface area contributed by atoms with Crippen LogP contribution in [-0.4, -0.2) is 4.98 Å². The van der Waals surface area contributed by atoms with E-state index in [9.17, 15) is 4.39 Å². The van der Waals surface area contributed by atoms with E-state index in [1.807, 2.05) is 20.8 Å². The predicted octanol–water partition coefficient (Wildman–Crippen LogP) is 2.89. The van der Waals surface area contributed by atoms with Crippen LogP contribution in [0.3, 0.4) is 0 Å². The molecule has 0 amide bonds. The highest BCUT2D eigenvalue weighted by molar-refractivity contribution is 7.11. The average molecular weight is 173 g/mol. The van der Waals surface area contributed by atoms with Crippen molar-refractivity contribution in [2.45, 2.75) is 33.1 Å². The first-order valence-corrected chi connectivity index (χ1v) is 4.36. The van der Waals surface area contributed by atoms with E-state index in [2.05, 4.69) is 4.98 Å². The fourth-order valence-electron chi connectivity index (χ4n) is 0.699. The quantitative estimate of drug-likeness (QED) is 0.588. The highest BCUT2D eigenvalue weighted by atomic mass is 32.1. The fraction of sp³-hybridized carbons (Fsp3) is 0.625. The largest absolute Gasteiger partial charge is 0.226 e. The van der Waals surface area contributed by atoms with Gasteiger partial charge in [-0.1, -0.05) is 20.8 Å². The molecule has 0 unspecified atom stereocenters. The van der Waals surface area contributed by atoms with Crippen molar-refractivity contribution in [3.63, 3.8) is 0 Å². The van der Waals surface area contributed by atoms with E-state index >= 15 is 0 Å². The normalized spacial score (nSPS) is 12.1. The smallest absolute Gasteiger partial charge is 0.212 e. The van der Waals surface area contributed by atoms with Crippen LogP contribution in [0.15, 0.2) is 0 Å². The second-order valence-corrected chi connectivity index (χ2v) is 4.82. The summed E-state index contributed by atoms with van der Waals surface area (Å²) in [6.07, 6.45) is 0. The Bertz CT molecular complexity index is 240. The summed E-state index contributed by atoms with van der Waals surface area (Å²) >= 11 is 1.44. The molecule has 0 aliphatic heterocycles. The molecule has 0 bridgehead atoms. The van der Waals surface area contributed by atoms with Gasteiger partial charge in [0.15, 0.2) is 0 Å². The number of halogens is 1. The second-order valence-electron chi connectivity index (χ2n) is 3.62. The van der Waals surface area contributed by atoms with Crippen molar-refractivity contribution in [3.05, 3.63) is 15.8 Å². The second kappa shape index (κ2) is 2.55. The number of thiazole rings is 1. The molecule has 1 aromatic heterocycles. The Labute approximate surface area is 70.3 Å². The average Bonchev–Trinajstić information content (AvgIpc) is 2.11. The van der Waals surface area contributed by atoms with Crippen LogP contribution in [0.5, 0.6) is 0 Å². The van der Waals surface area contributed by atoms with Gasteiger partial charge in [0.25, 0.3) is 0 Å². The van der Waals surface area contributed by atoms with E-state index in [0.29, 0.717) is 4.88 Å². The van der Waals surface area contributed by atoms with Gasteiger partial charge in [0.05, 0.1) is 4.88 Å². The Kier molecular flexibility index (Phi) is 2.01. The molecule has 0 spiro atoms. The van der Waals surface area contributed by atoms with Crippen LogP contribution in [0.1, 0.15) is 30.7 Å². The standard InChI is InChI=1S/C8H12FNS/c1-5-6(9)10-7(11-5)8(2,3)4/h1-4H3. The maximum absolute atomic E-state index is 12.8. The molecule has 1 nitrogen and oxygen atoms in total. The van der Waals surface area contributed by atoms with Crippen LogP contribution < -0.4 is 0 Å². The lowest BCUT2D eigenvalue weighted by Crippen LogP contribution is -2.10. The molecule has 3 heteroatoms. The lowest BCUT2D eigenvalue weighted by Gasteiger charge is -2.12.